The highest BCUT2D eigenvalue weighted by Crippen LogP contribution is 2.44. The molecule has 10 rings (SSSR count). The lowest BCUT2D eigenvalue weighted by Crippen LogP contribution is -2.04. The van der Waals surface area contributed by atoms with Gasteiger partial charge in [0, 0.05) is 27.0 Å². The molecule has 8 aromatic carbocycles. The zero-order chi connectivity index (χ0) is 45.5. The van der Waals surface area contributed by atoms with Gasteiger partial charge in [-0.15, -0.1) is 0 Å². The predicted octanol–water partition coefficient (Wildman–Crippen LogP) is 15.3. The fraction of sp³-hybridized carbons (Fsp3) is 0.0847. The predicted molar refractivity (Wildman–Crippen MR) is 262 cm³/mol. The maximum absolute atomic E-state index is 8.81. The smallest absolute Gasteiger partial charge is 0.149 e. The highest BCUT2D eigenvalue weighted by molar-refractivity contribution is 5.99. The Labute approximate surface area is 374 Å². The van der Waals surface area contributed by atoms with E-state index in [4.69, 9.17) is 18.8 Å². The first-order chi connectivity index (χ1) is 32.0. The molecule has 0 N–H and O–H groups in total. The Morgan fingerprint density at radius 3 is 1.81 bits per heavy atom. The van der Waals surface area contributed by atoms with Crippen LogP contribution in [0.25, 0.3) is 95.0 Å². The van der Waals surface area contributed by atoms with E-state index in [-0.39, 0.29) is 5.56 Å². The minimum atomic E-state index is -2.40. The molecule has 304 valence electrons. The van der Waals surface area contributed by atoms with Crippen molar-refractivity contribution in [2.45, 2.75) is 27.6 Å². The fourth-order valence-electron chi connectivity index (χ4n) is 8.87. The van der Waals surface area contributed by atoms with Crippen LogP contribution in [0.1, 0.15) is 26.4 Å². The van der Waals surface area contributed by atoms with Crippen molar-refractivity contribution in [3.8, 4) is 89.7 Å². The van der Waals surface area contributed by atoms with Gasteiger partial charge in [-0.05, 0) is 143 Å². The lowest BCUT2D eigenvalue weighted by atomic mass is 9.93. The van der Waals surface area contributed by atoms with Crippen molar-refractivity contribution in [3.05, 3.63) is 217 Å². The van der Waals surface area contributed by atoms with Gasteiger partial charge in [0.05, 0.1) is 35.1 Å². The van der Waals surface area contributed by atoms with Gasteiger partial charge in [0.2, 0.25) is 0 Å². The van der Waals surface area contributed by atoms with Gasteiger partial charge < -0.3 is 4.74 Å². The summed E-state index contributed by atoms with van der Waals surface area (Å²) in [6.45, 7) is 3.85. The van der Waals surface area contributed by atoms with Crippen LogP contribution in [0, 0.1) is 27.6 Å². The van der Waals surface area contributed by atoms with E-state index in [0.717, 1.165) is 100 Å². The van der Waals surface area contributed by atoms with E-state index in [9.17, 15) is 0 Å². The lowest BCUT2D eigenvalue weighted by molar-refractivity contribution is 0.413. The Balaban J connectivity index is 1.29. The van der Waals surface area contributed by atoms with Crippen LogP contribution in [0.4, 0.5) is 0 Å². The number of nitrogens with zero attached hydrogens (tertiary/aromatic N) is 3. The second kappa shape index (κ2) is 16.6. The van der Waals surface area contributed by atoms with Crippen molar-refractivity contribution in [1.82, 2.24) is 14.5 Å². The average Bonchev–Trinajstić information content (AvgIpc) is 3.74. The summed E-state index contributed by atoms with van der Waals surface area (Å²) in [4.78, 5) is 10.6. The number of para-hydroxylation sites is 1. The first kappa shape index (κ1) is 35.9. The third-order valence-electron chi connectivity index (χ3n) is 11.9. The van der Waals surface area contributed by atoms with Crippen molar-refractivity contribution in [2.75, 3.05) is 7.11 Å². The number of hydrogen-bond acceptors (Lipinski definition) is 3. The number of benzene rings is 8. The van der Waals surface area contributed by atoms with Gasteiger partial charge in [-0.3, -0.25) is 9.55 Å². The van der Waals surface area contributed by atoms with Crippen LogP contribution in [-0.2, 0) is 0 Å². The molecule has 4 nitrogen and oxygen atoms in total. The first-order valence-corrected chi connectivity index (χ1v) is 21.3. The molecule has 63 heavy (non-hydrogen) atoms. The summed E-state index contributed by atoms with van der Waals surface area (Å²) in [6.07, 6.45) is 1.89. The third kappa shape index (κ3) is 7.51. The highest BCUT2D eigenvalue weighted by Gasteiger charge is 2.25. The first-order valence-electron chi connectivity index (χ1n) is 22.8. The van der Waals surface area contributed by atoms with Crippen LogP contribution >= 0.6 is 0 Å². The van der Waals surface area contributed by atoms with Crippen LogP contribution in [0.2, 0.25) is 0 Å². The van der Waals surface area contributed by atoms with E-state index in [2.05, 4.69) is 135 Å². The van der Waals surface area contributed by atoms with E-state index >= 15 is 0 Å². The molecule has 2 heterocycles. The molecule has 0 fully saturated rings. The number of methoxy groups -OCH3 is 1. The van der Waals surface area contributed by atoms with Crippen molar-refractivity contribution in [2.24, 2.45) is 0 Å². The molecule has 0 saturated heterocycles. The Hall–Kier alpha value is -7.82. The summed E-state index contributed by atoms with van der Waals surface area (Å²) in [7, 11) is 1.70. The zero-order valence-electron chi connectivity index (χ0n) is 38.7. The number of aromatic nitrogens is 3. The molecular formula is C59H47N3O. The molecule has 10 aromatic rings. The minimum absolute atomic E-state index is 0.275. The van der Waals surface area contributed by atoms with Gasteiger partial charge in [-0.25, -0.2) is 4.98 Å². The number of fused-ring (bicyclic) bond motifs is 1. The number of hydrogen-bond donors (Lipinski definition) is 0. The van der Waals surface area contributed by atoms with E-state index in [0.29, 0.717) is 11.4 Å². The topological polar surface area (TPSA) is 39.9 Å². The molecule has 2 aromatic heterocycles. The summed E-state index contributed by atoms with van der Waals surface area (Å²) in [6, 6.07) is 64.2. The van der Waals surface area contributed by atoms with E-state index in [1.807, 2.05) is 85.1 Å². The molecule has 0 aliphatic heterocycles. The molecule has 0 spiro atoms. The van der Waals surface area contributed by atoms with Crippen LogP contribution in [0.15, 0.2) is 194 Å². The number of ether oxygens (including phenoxy) is 1. The summed E-state index contributed by atoms with van der Waals surface area (Å²) in [5, 5.41) is 0. The average molecular weight is 817 g/mol. The number of aryl methyl sites for hydroxylation is 4. The lowest BCUT2D eigenvalue weighted by Gasteiger charge is -2.20. The van der Waals surface area contributed by atoms with E-state index < -0.39 is 6.85 Å². The Bertz CT molecular complexity index is 3400. The van der Waals surface area contributed by atoms with Gasteiger partial charge in [-0.1, -0.05) is 139 Å². The largest absolute Gasteiger partial charge is 0.496 e. The molecule has 0 saturated carbocycles. The van der Waals surface area contributed by atoms with Crippen molar-refractivity contribution < 1.29 is 8.85 Å². The number of pyridine rings is 1. The summed E-state index contributed by atoms with van der Waals surface area (Å²) >= 11 is 0. The Kier molecular flexibility index (Phi) is 9.44. The molecule has 0 amide bonds. The molecule has 0 aliphatic carbocycles. The van der Waals surface area contributed by atoms with Gasteiger partial charge in [0.25, 0.3) is 0 Å². The van der Waals surface area contributed by atoms with Gasteiger partial charge in [-0.2, -0.15) is 0 Å². The quantitative estimate of drug-likeness (QED) is 0.146. The normalized spacial score (nSPS) is 12.2. The number of imidazole rings is 1. The molecule has 0 bridgehead atoms. The zero-order valence-corrected chi connectivity index (χ0v) is 35.7. The van der Waals surface area contributed by atoms with Crippen molar-refractivity contribution >= 4 is 11.0 Å². The second-order valence-corrected chi connectivity index (χ2v) is 16.2. The van der Waals surface area contributed by atoms with E-state index in [1.165, 1.54) is 5.56 Å². The van der Waals surface area contributed by atoms with Crippen molar-refractivity contribution in [1.29, 1.82) is 0 Å². The van der Waals surface area contributed by atoms with Gasteiger partial charge in [0.1, 0.15) is 11.6 Å². The van der Waals surface area contributed by atoms with Crippen LogP contribution in [0.5, 0.6) is 5.75 Å². The highest BCUT2D eigenvalue weighted by atomic mass is 16.5. The summed E-state index contributed by atoms with van der Waals surface area (Å²) < 4.78 is 34.8. The van der Waals surface area contributed by atoms with Crippen molar-refractivity contribution in [3.63, 3.8) is 0 Å². The molecule has 0 atom stereocenters. The number of rotatable bonds is 9. The molecule has 0 unspecified atom stereocenters. The molecular weight excluding hydrogens is 767 g/mol. The standard InChI is InChI=1S/C59H47N3O/c1-38-24-26-43(27-25-38)46-28-29-60-54(36-46)49-34-47(42-16-9-6-10-17-42)33-48(35-49)50-22-15-23-55-57(50)61-59(53-31-39(2)30-41(4)58(53)63-5)62(55)56-37-51(44-18-11-7-12-19-44)40(3)32-52(56)45-20-13-8-14-21-45/h6-37H,1-5H3/i3D3. The van der Waals surface area contributed by atoms with Gasteiger partial charge in [0.15, 0.2) is 0 Å². The molecule has 4 heteroatoms. The van der Waals surface area contributed by atoms with Crippen LogP contribution in [-0.4, -0.2) is 21.6 Å². The minimum Gasteiger partial charge on any atom is -0.496 e. The SMILES string of the molecule is [2H]C([2H])([2H])c1cc(-c2ccccc2)c(-n2c(-c3cc(C)cc(C)c3OC)nc3c(-c4cc(-c5ccccc5)cc(-c5cc(-c6ccc(C)cc6)ccn5)c4)cccc32)cc1-c1ccccc1. The Morgan fingerprint density at radius 2 is 1.11 bits per heavy atom. The van der Waals surface area contributed by atoms with Crippen LogP contribution in [0.3, 0.4) is 0 Å². The van der Waals surface area contributed by atoms with Crippen LogP contribution < -0.4 is 4.74 Å². The summed E-state index contributed by atoms with van der Waals surface area (Å²) in [5.41, 5.74) is 18.0. The fourth-order valence-corrected chi connectivity index (χ4v) is 8.87. The monoisotopic (exact) mass is 816 g/mol. The maximum atomic E-state index is 8.81. The third-order valence-corrected chi connectivity index (χ3v) is 11.9. The summed E-state index contributed by atoms with van der Waals surface area (Å²) in [5.74, 6) is 1.39. The molecule has 0 aliphatic rings. The molecule has 0 radical (unpaired) electrons. The van der Waals surface area contributed by atoms with E-state index in [1.54, 1.807) is 7.11 Å². The second-order valence-electron chi connectivity index (χ2n) is 16.2. The maximum Gasteiger partial charge on any atom is 0.149 e. The van der Waals surface area contributed by atoms with Gasteiger partial charge >= 0.3 is 0 Å². The Morgan fingerprint density at radius 1 is 0.460 bits per heavy atom.